The quantitative estimate of drug-likeness (QED) is 0.812. The Morgan fingerprint density at radius 2 is 1.70 bits per heavy atom. The Morgan fingerprint density at radius 1 is 0.963 bits per heavy atom. The fraction of sp³-hybridized carbons (Fsp3) is 0.250. The van der Waals surface area contributed by atoms with E-state index in [2.05, 4.69) is 10.9 Å². The number of amides is 3. The van der Waals surface area contributed by atoms with Crippen LogP contribution >= 0.6 is 0 Å². The highest BCUT2D eigenvalue weighted by atomic mass is 19.1. The van der Waals surface area contributed by atoms with E-state index in [1.165, 1.54) is 12.1 Å². The number of carbonyl (C=O) groups is 3. The predicted molar refractivity (Wildman–Crippen MR) is 98.4 cm³/mol. The molecule has 0 aliphatic carbocycles. The molecular weight excluding hydrogens is 349 g/mol. The van der Waals surface area contributed by atoms with E-state index in [9.17, 15) is 18.8 Å². The summed E-state index contributed by atoms with van der Waals surface area (Å²) in [6.45, 7) is 0.638. The van der Waals surface area contributed by atoms with E-state index in [1.54, 1.807) is 4.90 Å². The summed E-state index contributed by atoms with van der Waals surface area (Å²) in [6.07, 6.45) is 1.84. The lowest BCUT2D eigenvalue weighted by atomic mass is 10.0. The molecule has 0 atom stereocenters. The average Bonchev–Trinajstić information content (AvgIpc) is 2.70. The van der Waals surface area contributed by atoms with Crippen LogP contribution < -0.4 is 15.8 Å². The van der Waals surface area contributed by atoms with Crippen molar-refractivity contribution in [2.45, 2.75) is 25.7 Å². The Kier molecular flexibility index (Phi) is 5.80. The van der Waals surface area contributed by atoms with Crippen molar-refractivity contribution in [3.63, 3.8) is 0 Å². The lowest BCUT2D eigenvalue weighted by Gasteiger charge is -2.29. The smallest absolute Gasteiger partial charge is 0.269 e. The zero-order valence-electron chi connectivity index (χ0n) is 14.7. The number of benzene rings is 2. The second kappa shape index (κ2) is 8.44. The number of nitrogens with zero attached hydrogens (tertiary/aromatic N) is 1. The summed E-state index contributed by atoms with van der Waals surface area (Å²) < 4.78 is 12.8. The third-order valence-electron chi connectivity index (χ3n) is 4.40. The van der Waals surface area contributed by atoms with Crippen LogP contribution in [0.25, 0.3) is 0 Å². The molecule has 1 aliphatic heterocycles. The van der Waals surface area contributed by atoms with Gasteiger partial charge in [-0.1, -0.05) is 18.2 Å². The Hall–Kier alpha value is -3.22. The van der Waals surface area contributed by atoms with Crippen molar-refractivity contribution >= 4 is 23.4 Å². The molecule has 0 unspecified atom stereocenters. The molecule has 27 heavy (non-hydrogen) atoms. The number of hydrogen-bond donors (Lipinski definition) is 2. The number of para-hydroxylation sites is 1. The number of fused-ring (bicyclic) bond motifs is 1. The summed E-state index contributed by atoms with van der Waals surface area (Å²) in [6, 6.07) is 12.7. The second-order valence-corrected chi connectivity index (χ2v) is 6.29. The molecule has 7 heteroatoms. The van der Waals surface area contributed by atoms with Gasteiger partial charge < -0.3 is 4.90 Å². The van der Waals surface area contributed by atoms with Gasteiger partial charge in [-0.2, -0.15) is 0 Å². The number of rotatable bonds is 4. The number of carbonyl (C=O) groups excluding carboxylic acids is 3. The molecule has 2 N–H and O–H groups in total. The summed E-state index contributed by atoms with van der Waals surface area (Å²) in [4.78, 5) is 38.0. The van der Waals surface area contributed by atoms with Gasteiger partial charge in [-0.15, -0.1) is 0 Å². The molecule has 3 amide bonds. The van der Waals surface area contributed by atoms with Gasteiger partial charge in [-0.25, -0.2) is 4.39 Å². The summed E-state index contributed by atoms with van der Waals surface area (Å²) in [5.74, 6) is -1.60. The summed E-state index contributed by atoms with van der Waals surface area (Å²) in [5.41, 5.74) is 6.78. The fourth-order valence-electron chi connectivity index (χ4n) is 3.01. The van der Waals surface area contributed by atoms with Crippen molar-refractivity contribution in [1.82, 2.24) is 10.9 Å². The zero-order valence-corrected chi connectivity index (χ0v) is 14.7. The molecule has 2 aromatic carbocycles. The first-order valence-electron chi connectivity index (χ1n) is 8.77. The molecule has 140 valence electrons. The van der Waals surface area contributed by atoms with E-state index < -0.39 is 17.6 Å². The maximum Gasteiger partial charge on any atom is 0.269 e. The van der Waals surface area contributed by atoms with Crippen molar-refractivity contribution in [1.29, 1.82) is 0 Å². The zero-order chi connectivity index (χ0) is 19.2. The van der Waals surface area contributed by atoms with Crippen LogP contribution in [0.2, 0.25) is 0 Å². The molecule has 0 saturated heterocycles. The van der Waals surface area contributed by atoms with Gasteiger partial charge in [0.15, 0.2) is 0 Å². The number of halogens is 1. The molecule has 3 rings (SSSR count). The average molecular weight is 369 g/mol. The monoisotopic (exact) mass is 369 g/mol. The minimum absolute atomic E-state index is 0.0405. The van der Waals surface area contributed by atoms with Gasteiger partial charge in [0.1, 0.15) is 5.82 Å². The molecule has 0 bridgehead atoms. The maximum absolute atomic E-state index is 12.8. The van der Waals surface area contributed by atoms with E-state index in [0.717, 1.165) is 36.2 Å². The van der Waals surface area contributed by atoms with Crippen LogP contribution in [0.3, 0.4) is 0 Å². The van der Waals surface area contributed by atoms with Crippen molar-refractivity contribution in [2.24, 2.45) is 0 Å². The normalized spacial score (nSPS) is 12.9. The number of hydrogen-bond acceptors (Lipinski definition) is 3. The summed E-state index contributed by atoms with van der Waals surface area (Å²) in [7, 11) is 0. The lowest BCUT2D eigenvalue weighted by Crippen LogP contribution is -2.42. The second-order valence-electron chi connectivity index (χ2n) is 6.29. The van der Waals surface area contributed by atoms with Gasteiger partial charge in [0.2, 0.25) is 11.8 Å². The fourth-order valence-corrected chi connectivity index (χ4v) is 3.01. The Labute approximate surface area is 156 Å². The number of aryl methyl sites for hydroxylation is 1. The SMILES string of the molecule is O=C(CCC(=O)N1CCCc2ccccc21)NNC(=O)c1ccc(F)cc1. The molecule has 1 heterocycles. The highest BCUT2D eigenvalue weighted by Gasteiger charge is 2.22. The molecule has 2 aromatic rings. The molecule has 0 fully saturated rings. The molecule has 6 nitrogen and oxygen atoms in total. The molecule has 0 radical (unpaired) electrons. The predicted octanol–water partition coefficient (Wildman–Crippen LogP) is 2.35. The van der Waals surface area contributed by atoms with E-state index in [0.29, 0.717) is 6.54 Å². The van der Waals surface area contributed by atoms with Crippen molar-refractivity contribution in [3.05, 3.63) is 65.5 Å². The van der Waals surface area contributed by atoms with Crippen molar-refractivity contribution in [2.75, 3.05) is 11.4 Å². The number of hydrazine groups is 1. The number of anilines is 1. The third kappa shape index (κ3) is 4.69. The maximum atomic E-state index is 12.8. The summed E-state index contributed by atoms with van der Waals surface area (Å²) >= 11 is 0. The third-order valence-corrected chi connectivity index (χ3v) is 4.40. The first-order chi connectivity index (χ1) is 13.0. The van der Waals surface area contributed by atoms with Crippen LogP contribution in [0, 0.1) is 5.82 Å². The highest BCUT2D eigenvalue weighted by Crippen LogP contribution is 2.27. The molecule has 1 aliphatic rings. The first-order valence-corrected chi connectivity index (χ1v) is 8.77. The summed E-state index contributed by atoms with van der Waals surface area (Å²) in [5, 5.41) is 0. The minimum Gasteiger partial charge on any atom is -0.312 e. The molecule has 0 aromatic heterocycles. The van der Waals surface area contributed by atoms with Gasteiger partial charge in [0.05, 0.1) is 0 Å². The van der Waals surface area contributed by atoms with Crippen LogP contribution in [-0.4, -0.2) is 24.3 Å². The van der Waals surface area contributed by atoms with Crippen LogP contribution in [0.5, 0.6) is 0 Å². The van der Waals surface area contributed by atoms with Gasteiger partial charge in [-0.3, -0.25) is 25.2 Å². The van der Waals surface area contributed by atoms with E-state index in [1.807, 2.05) is 24.3 Å². The Balaban J connectivity index is 1.47. The highest BCUT2D eigenvalue weighted by molar-refractivity contribution is 5.97. The van der Waals surface area contributed by atoms with E-state index in [4.69, 9.17) is 0 Å². The Bertz CT molecular complexity index is 852. The van der Waals surface area contributed by atoms with Gasteiger partial charge in [0, 0.05) is 30.6 Å². The largest absolute Gasteiger partial charge is 0.312 e. The Morgan fingerprint density at radius 3 is 2.48 bits per heavy atom. The standard InChI is InChI=1S/C20H20FN3O3/c21-16-9-7-15(8-10-16)20(27)23-22-18(25)11-12-19(26)24-13-3-5-14-4-1-2-6-17(14)24/h1-2,4,6-10H,3,5,11-13H2,(H,22,25)(H,23,27). The van der Waals surface area contributed by atoms with E-state index in [-0.39, 0.29) is 24.3 Å². The van der Waals surface area contributed by atoms with Gasteiger partial charge in [0.25, 0.3) is 5.91 Å². The van der Waals surface area contributed by atoms with E-state index >= 15 is 0 Å². The minimum atomic E-state index is -0.556. The molecular formula is C20H20FN3O3. The van der Waals surface area contributed by atoms with Crippen LogP contribution in [-0.2, 0) is 16.0 Å². The van der Waals surface area contributed by atoms with Gasteiger partial charge in [-0.05, 0) is 48.7 Å². The van der Waals surface area contributed by atoms with Crippen LogP contribution in [0.4, 0.5) is 10.1 Å². The van der Waals surface area contributed by atoms with Crippen molar-refractivity contribution < 1.29 is 18.8 Å². The van der Waals surface area contributed by atoms with Crippen molar-refractivity contribution in [3.8, 4) is 0 Å². The molecule has 0 saturated carbocycles. The van der Waals surface area contributed by atoms with Gasteiger partial charge >= 0.3 is 0 Å². The molecule has 0 spiro atoms. The van der Waals surface area contributed by atoms with Crippen LogP contribution in [0.15, 0.2) is 48.5 Å². The lowest BCUT2D eigenvalue weighted by molar-refractivity contribution is -0.125. The first kappa shape index (κ1) is 18.6. The van der Waals surface area contributed by atoms with Crippen LogP contribution in [0.1, 0.15) is 35.2 Å². The topological polar surface area (TPSA) is 78.5 Å². The number of nitrogens with one attached hydrogen (secondary N) is 2.